The number of fused-ring (bicyclic) bond motifs is 1. The molecule has 2 N–H and O–H groups in total. The second-order valence-corrected chi connectivity index (χ2v) is 6.23. The highest BCUT2D eigenvalue weighted by Crippen LogP contribution is 2.33. The van der Waals surface area contributed by atoms with Crippen molar-refractivity contribution in [1.82, 2.24) is 29.2 Å². The van der Waals surface area contributed by atoms with Gasteiger partial charge < -0.3 is 9.88 Å². The number of carbonyl (C=O) groups excluding carboxylic acids is 1. The summed E-state index contributed by atoms with van der Waals surface area (Å²) in [5, 5.41) is 3.32. The van der Waals surface area contributed by atoms with Crippen molar-refractivity contribution in [1.29, 1.82) is 0 Å². The highest BCUT2D eigenvalue weighted by atomic mass is 32.1. The maximum absolute atomic E-state index is 12.8. The molecule has 4 heterocycles. The molecule has 3 aromatic rings. The number of imidazole rings is 1. The molecule has 0 fully saturated rings. The molecule has 1 atom stereocenters. The maximum Gasteiger partial charge on any atom is 0.324 e. The molecule has 1 aliphatic rings. The first-order valence-corrected chi connectivity index (χ1v) is 8.29. The first-order valence-electron chi connectivity index (χ1n) is 7.52. The van der Waals surface area contributed by atoms with Gasteiger partial charge in [0.25, 0.3) is 0 Å². The Morgan fingerprint density at radius 3 is 3.17 bits per heavy atom. The molecule has 4 rings (SSSR count). The number of hydrogen-bond acceptors (Lipinski definition) is 6. The number of anilines is 1. The standard InChI is InChI=1S/C15H15N7OS/c1-9-19-14(24-21-9)20-15(23)22-6-4-11-12(18-8-17-11)13(22)10-3-2-5-16-7-10/h2-3,5,7-8,13H,4,6H2,1H3,(H,17,18)(H,19,20,21,23). The van der Waals surface area contributed by atoms with Gasteiger partial charge in [0.05, 0.1) is 12.0 Å². The van der Waals surface area contributed by atoms with E-state index >= 15 is 0 Å². The third-order valence-corrected chi connectivity index (χ3v) is 4.65. The summed E-state index contributed by atoms with van der Waals surface area (Å²) in [5.41, 5.74) is 2.84. The van der Waals surface area contributed by atoms with Gasteiger partial charge >= 0.3 is 6.03 Å². The van der Waals surface area contributed by atoms with Crippen molar-refractivity contribution in [2.45, 2.75) is 19.4 Å². The molecule has 1 unspecified atom stereocenters. The zero-order chi connectivity index (χ0) is 16.5. The van der Waals surface area contributed by atoms with Gasteiger partial charge in [0.1, 0.15) is 11.9 Å². The second kappa shape index (κ2) is 6.00. The van der Waals surface area contributed by atoms with Crippen LogP contribution in [0.5, 0.6) is 0 Å². The minimum atomic E-state index is -0.275. The Kier molecular flexibility index (Phi) is 3.69. The summed E-state index contributed by atoms with van der Waals surface area (Å²) in [6, 6.07) is 3.33. The Bertz CT molecular complexity index is 860. The van der Waals surface area contributed by atoms with E-state index in [1.807, 2.05) is 12.1 Å². The van der Waals surface area contributed by atoms with Gasteiger partial charge in [-0.3, -0.25) is 10.3 Å². The van der Waals surface area contributed by atoms with Crippen LogP contribution in [0.1, 0.15) is 28.8 Å². The van der Waals surface area contributed by atoms with Crippen LogP contribution < -0.4 is 5.32 Å². The summed E-state index contributed by atoms with van der Waals surface area (Å²) >= 11 is 1.17. The molecule has 0 saturated carbocycles. The van der Waals surface area contributed by atoms with Crippen LogP contribution in [0, 0.1) is 6.92 Å². The summed E-state index contributed by atoms with van der Waals surface area (Å²) in [7, 11) is 0. The third-order valence-electron chi connectivity index (χ3n) is 3.93. The summed E-state index contributed by atoms with van der Waals surface area (Å²) in [4.78, 5) is 30.5. The number of aromatic amines is 1. The summed E-state index contributed by atoms with van der Waals surface area (Å²) < 4.78 is 4.09. The van der Waals surface area contributed by atoms with Crippen molar-refractivity contribution in [2.24, 2.45) is 0 Å². The topological polar surface area (TPSA) is 99.7 Å². The highest BCUT2D eigenvalue weighted by Gasteiger charge is 2.34. The predicted octanol–water partition coefficient (Wildman–Crippen LogP) is 2.14. The van der Waals surface area contributed by atoms with E-state index < -0.39 is 0 Å². The van der Waals surface area contributed by atoms with Gasteiger partial charge in [0.2, 0.25) is 5.13 Å². The molecule has 2 amide bonds. The van der Waals surface area contributed by atoms with Crippen LogP contribution in [0.15, 0.2) is 30.9 Å². The number of aryl methyl sites for hydroxylation is 1. The predicted molar refractivity (Wildman–Crippen MR) is 88.7 cm³/mol. The lowest BCUT2D eigenvalue weighted by Crippen LogP contribution is -2.43. The van der Waals surface area contributed by atoms with Crippen LogP contribution in [-0.4, -0.2) is 41.8 Å². The van der Waals surface area contributed by atoms with Crippen LogP contribution in [0.2, 0.25) is 0 Å². The molecule has 0 aromatic carbocycles. The van der Waals surface area contributed by atoms with Crippen LogP contribution >= 0.6 is 11.5 Å². The fourth-order valence-electron chi connectivity index (χ4n) is 2.88. The fraction of sp³-hybridized carbons (Fsp3) is 0.267. The van der Waals surface area contributed by atoms with E-state index in [4.69, 9.17) is 0 Å². The van der Waals surface area contributed by atoms with Gasteiger partial charge in [0, 0.05) is 42.6 Å². The first kappa shape index (κ1) is 14.8. The number of aromatic nitrogens is 5. The summed E-state index contributed by atoms with van der Waals surface area (Å²) in [6.07, 6.45) is 5.88. The van der Waals surface area contributed by atoms with E-state index in [0.717, 1.165) is 23.4 Å². The van der Waals surface area contributed by atoms with Gasteiger partial charge in [-0.05, 0) is 18.6 Å². The molecular formula is C15H15N7OS. The summed E-state index contributed by atoms with van der Waals surface area (Å²) in [5.74, 6) is 0.646. The summed E-state index contributed by atoms with van der Waals surface area (Å²) in [6.45, 7) is 2.37. The largest absolute Gasteiger partial charge is 0.348 e. The Morgan fingerprint density at radius 1 is 1.50 bits per heavy atom. The minimum absolute atomic E-state index is 0.214. The van der Waals surface area contributed by atoms with Crippen molar-refractivity contribution in [3.63, 3.8) is 0 Å². The lowest BCUT2D eigenvalue weighted by molar-refractivity contribution is 0.192. The fourth-order valence-corrected chi connectivity index (χ4v) is 3.45. The Labute approximate surface area is 142 Å². The van der Waals surface area contributed by atoms with E-state index in [9.17, 15) is 4.79 Å². The van der Waals surface area contributed by atoms with E-state index in [0.29, 0.717) is 17.5 Å². The Hall–Kier alpha value is -2.81. The van der Waals surface area contributed by atoms with Crippen LogP contribution in [0.4, 0.5) is 9.93 Å². The third kappa shape index (κ3) is 2.62. The monoisotopic (exact) mass is 341 g/mol. The number of rotatable bonds is 2. The van der Waals surface area contributed by atoms with Gasteiger partial charge in [-0.15, -0.1) is 0 Å². The SMILES string of the molecule is Cc1nsc(NC(=O)N2CCc3[nH]cnc3C2c2cccnc2)n1. The van der Waals surface area contributed by atoms with Crippen LogP contribution in [0.25, 0.3) is 0 Å². The van der Waals surface area contributed by atoms with Crippen molar-refractivity contribution in [2.75, 3.05) is 11.9 Å². The van der Waals surface area contributed by atoms with Crippen molar-refractivity contribution < 1.29 is 4.79 Å². The molecule has 0 bridgehead atoms. The maximum atomic E-state index is 12.8. The van der Waals surface area contributed by atoms with Crippen molar-refractivity contribution in [3.8, 4) is 0 Å². The lowest BCUT2D eigenvalue weighted by Gasteiger charge is -2.34. The zero-order valence-electron chi connectivity index (χ0n) is 12.9. The minimum Gasteiger partial charge on any atom is -0.348 e. The molecule has 0 spiro atoms. The van der Waals surface area contributed by atoms with E-state index in [-0.39, 0.29) is 12.1 Å². The number of carbonyl (C=O) groups is 1. The molecule has 3 aromatic heterocycles. The lowest BCUT2D eigenvalue weighted by atomic mass is 9.97. The molecule has 9 heteroatoms. The average molecular weight is 341 g/mol. The Balaban J connectivity index is 1.67. The average Bonchev–Trinajstić information content (AvgIpc) is 3.23. The second-order valence-electron chi connectivity index (χ2n) is 5.48. The molecule has 1 aliphatic heterocycles. The van der Waals surface area contributed by atoms with E-state index in [1.165, 1.54) is 11.5 Å². The zero-order valence-corrected chi connectivity index (χ0v) is 13.7. The van der Waals surface area contributed by atoms with Gasteiger partial charge in [-0.25, -0.2) is 14.8 Å². The number of nitrogens with zero attached hydrogens (tertiary/aromatic N) is 5. The van der Waals surface area contributed by atoms with Crippen molar-refractivity contribution >= 4 is 22.7 Å². The Morgan fingerprint density at radius 2 is 2.42 bits per heavy atom. The molecule has 8 nitrogen and oxygen atoms in total. The molecular weight excluding hydrogens is 326 g/mol. The number of H-pyrrole nitrogens is 1. The molecule has 0 aliphatic carbocycles. The van der Waals surface area contributed by atoms with E-state index in [2.05, 4.69) is 29.6 Å². The smallest absolute Gasteiger partial charge is 0.324 e. The van der Waals surface area contributed by atoms with E-state index in [1.54, 1.807) is 30.5 Å². The van der Waals surface area contributed by atoms with Crippen LogP contribution in [0.3, 0.4) is 0 Å². The van der Waals surface area contributed by atoms with Gasteiger partial charge in [-0.1, -0.05) is 6.07 Å². The van der Waals surface area contributed by atoms with Gasteiger partial charge in [0.15, 0.2) is 0 Å². The van der Waals surface area contributed by atoms with Crippen LogP contribution in [-0.2, 0) is 6.42 Å². The highest BCUT2D eigenvalue weighted by molar-refractivity contribution is 7.09. The quantitative estimate of drug-likeness (QED) is 0.744. The number of nitrogens with one attached hydrogen (secondary N) is 2. The molecule has 0 saturated heterocycles. The molecule has 24 heavy (non-hydrogen) atoms. The van der Waals surface area contributed by atoms with Gasteiger partial charge in [-0.2, -0.15) is 4.37 Å². The molecule has 0 radical (unpaired) electrons. The van der Waals surface area contributed by atoms with Crippen molar-refractivity contribution in [3.05, 3.63) is 53.6 Å². The molecule has 122 valence electrons. The number of amides is 2. The number of hydrogen-bond donors (Lipinski definition) is 2. The number of pyridine rings is 1. The first-order chi connectivity index (χ1) is 11.7. The normalized spacial score (nSPS) is 16.7. The number of urea groups is 1.